The molecule has 1 amide bonds. The van der Waals surface area contributed by atoms with Gasteiger partial charge < -0.3 is 15.1 Å². The Hall–Kier alpha value is -2.66. The number of aromatic nitrogens is 1. The van der Waals surface area contributed by atoms with Crippen molar-refractivity contribution in [1.29, 1.82) is 0 Å². The van der Waals surface area contributed by atoms with Gasteiger partial charge in [0.05, 0.1) is 11.9 Å². The highest BCUT2D eigenvalue weighted by molar-refractivity contribution is 6.01. The fraction of sp³-hybridized carbons (Fsp3) is 0.333. The maximum atomic E-state index is 12.1. The Morgan fingerprint density at radius 2 is 1.85 bits per heavy atom. The third kappa shape index (κ3) is 4.92. The molecule has 1 aromatic heterocycles. The van der Waals surface area contributed by atoms with Crippen LogP contribution in [0.5, 0.6) is 0 Å². The zero-order valence-electron chi connectivity index (χ0n) is 15.5. The van der Waals surface area contributed by atoms with Crippen LogP contribution in [-0.2, 0) is 4.79 Å². The summed E-state index contributed by atoms with van der Waals surface area (Å²) in [5.41, 5.74) is 2.92. The number of hydrogen-bond donors (Lipinski definition) is 1. The molecule has 2 aromatic rings. The number of piperazine rings is 1. The Labute approximate surface area is 155 Å². The van der Waals surface area contributed by atoms with Gasteiger partial charge in [-0.3, -0.25) is 4.79 Å². The number of amides is 1. The molecule has 0 atom stereocenters. The van der Waals surface area contributed by atoms with Gasteiger partial charge in [0.1, 0.15) is 5.82 Å². The van der Waals surface area contributed by atoms with Crippen LogP contribution in [0.2, 0.25) is 0 Å². The summed E-state index contributed by atoms with van der Waals surface area (Å²) in [7, 11) is 0. The van der Waals surface area contributed by atoms with Gasteiger partial charge in [0, 0.05) is 32.3 Å². The second kappa shape index (κ2) is 8.63. The van der Waals surface area contributed by atoms with Crippen molar-refractivity contribution in [3.63, 3.8) is 0 Å². The smallest absolute Gasteiger partial charge is 0.248 e. The number of carbonyl (C=O) groups is 1. The summed E-state index contributed by atoms with van der Waals surface area (Å²) in [6.07, 6.45) is 5.07. The second-order valence-corrected chi connectivity index (χ2v) is 6.56. The lowest BCUT2D eigenvalue weighted by atomic mass is 10.1. The highest BCUT2D eigenvalue weighted by Crippen LogP contribution is 2.16. The predicted molar refractivity (Wildman–Crippen MR) is 107 cm³/mol. The van der Waals surface area contributed by atoms with Gasteiger partial charge in [0.25, 0.3) is 0 Å². The van der Waals surface area contributed by atoms with Crippen LogP contribution in [0.3, 0.4) is 0 Å². The van der Waals surface area contributed by atoms with E-state index in [2.05, 4.69) is 27.0 Å². The largest absolute Gasteiger partial charge is 0.354 e. The molecule has 1 fully saturated rings. The lowest BCUT2D eigenvalue weighted by Gasteiger charge is -2.34. The zero-order chi connectivity index (χ0) is 18.4. The summed E-state index contributed by atoms with van der Waals surface area (Å²) in [6, 6.07) is 11.9. The summed E-state index contributed by atoms with van der Waals surface area (Å²) in [5, 5.41) is 2.85. The van der Waals surface area contributed by atoms with Gasteiger partial charge in [-0.25, -0.2) is 4.98 Å². The van der Waals surface area contributed by atoms with Crippen LogP contribution < -0.4 is 10.2 Å². The fourth-order valence-corrected chi connectivity index (χ4v) is 2.97. The van der Waals surface area contributed by atoms with Gasteiger partial charge in [-0.2, -0.15) is 0 Å². The fourth-order valence-electron chi connectivity index (χ4n) is 2.97. The first-order valence-electron chi connectivity index (χ1n) is 9.13. The average Bonchev–Trinajstić information content (AvgIpc) is 2.68. The molecule has 1 aliphatic heterocycles. The number of pyridine rings is 1. The third-order valence-corrected chi connectivity index (χ3v) is 4.66. The van der Waals surface area contributed by atoms with Crippen LogP contribution in [0.15, 0.2) is 48.7 Å². The van der Waals surface area contributed by atoms with E-state index in [9.17, 15) is 4.79 Å². The molecule has 2 heterocycles. The monoisotopic (exact) mass is 350 g/mol. The Bertz CT molecular complexity index is 745. The molecule has 0 radical (unpaired) electrons. The molecule has 136 valence electrons. The van der Waals surface area contributed by atoms with Gasteiger partial charge in [0.15, 0.2) is 0 Å². The van der Waals surface area contributed by atoms with Crippen molar-refractivity contribution in [3.05, 3.63) is 59.8 Å². The maximum absolute atomic E-state index is 12.1. The number of benzene rings is 1. The Morgan fingerprint density at radius 1 is 1.12 bits per heavy atom. The number of aryl methyl sites for hydroxylation is 1. The second-order valence-electron chi connectivity index (χ2n) is 6.56. The molecule has 5 heteroatoms. The van der Waals surface area contributed by atoms with Crippen LogP contribution in [0.25, 0.3) is 6.08 Å². The van der Waals surface area contributed by atoms with E-state index in [4.69, 9.17) is 0 Å². The predicted octanol–water partition coefficient (Wildman–Crippen LogP) is 3.18. The van der Waals surface area contributed by atoms with Gasteiger partial charge in [0.2, 0.25) is 5.91 Å². The molecule has 1 N–H and O–H groups in total. The summed E-state index contributed by atoms with van der Waals surface area (Å²) in [6.45, 7) is 9.46. The van der Waals surface area contributed by atoms with E-state index in [1.165, 1.54) is 5.56 Å². The van der Waals surface area contributed by atoms with E-state index in [-0.39, 0.29) is 5.91 Å². The first kappa shape index (κ1) is 18.1. The summed E-state index contributed by atoms with van der Waals surface area (Å²) < 4.78 is 0. The first-order valence-corrected chi connectivity index (χ1v) is 9.13. The molecule has 0 unspecified atom stereocenters. The van der Waals surface area contributed by atoms with E-state index < -0.39 is 0 Å². The highest BCUT2D eigenvalue weighted by atomic mass is 16.1. The molecule has 0 aliphatic carbocycles. The van der Waals surface area contributed by atoms with Crippen LogP contribution in [-0.4, -0.2) is 48.5 Å². The van der Waals surface area contributed by atoms with Crippen LogP contribution in [0.4, 0.5) is 11.5 Å². The third-order valence-electron chi connectivity index (χ3n) is 4.66. The van der Waals surface area contributed by atoms with Gasteiger partial charge in [-0.15, -0.1) is 0 Å². The van der Waals surface area contributed by atoms with Crippen LogP contribution in [0, 0.1) is 6.92 Å². The standard InChI is InChI=1S/C21H26N4O/c1-3-24-12-14-25(15-13-24)20-10-9-19(16-22-20)23-21(26)11-8-18-6-4-17(2)5-7-18/h4-11,16H,3,12-15H2,1-2H3,(H,23,26)/b11-8+. The number of rotatable bonds is 5. The summed E-state index contributed by atoms with van der Waals surface area (Å²) >= 11 is 0. The van der Waals surface area contributed by atoms with E-state index in [0.29, 0.717) is 5.69 Å². The highest BCUT2D eigenvalue weighted by Gasteiger charge is 2.16. The van der Waals surface area contributed by atoms with Crippen molar-refractivity contribution >= 4 is 23.5 Å². The maximum Gasteiger partial charge on any atom is 0.248 e. The Morgan fingerprint density at radius 3 is 2.46 bits per heavy atom. The molecule has 5 nitrogen and oxygen atoms in total. The number of anilines is 2. The Kier molecular flexibility index (Phi) is 6.02. The molecule has 1 saturated heterocycles. The van der Waals surface area contributed by atoms with Crippen molar-refractivity contribution in [3.8, 4) is 0 Å². The molecule has 0 spiro atoms. The van der Waals surface area contributed by atoms with Crippen molar-refractivity contribution in [2.75, 3.05) is 42.9 Å². The normalized spacial score (nSPS) is 15.4. The molecular weight excluding hydrogens is 324 g/mol. The first-order chi connectivity index (χ1) is 12.6. The van der Waals surface area contributed by atoms with Gasteiger partial charge >= 0.3 is 0 Å². The molecule has 3 rings (SSSR count). The minimum Gasteiger partial charge on any atom is -0.354 e. The van der Waals surface area contributed by atoms with E-state index in [1.54, 1.807) is 12.3 Å². The van der Waals surface area contributed by atoms with E-state index in [0.717, 1.165) is 44.1 Å². The van der Waals surface area contributed by atoms with Crippen molar-refractivity contribution in [1.82, 2.24) is 9.88 Å². The van der Waals surface area contributed by atoms with Crippen LogP contribution in [0.1, 0.15) is 18.1 Å². The van der Waals surface area contributed by atoms with Crippen molar-refractivity contribution in [2.24, 2.45) is 0 Å². The molecular formula is C21H26N4O. The van der Waals surface area contributed by atoms with Gasteiger partial charge in [-0.05, 0) is 37.2 Å². The minimum absolute atomic E-state index is 0.156. The van der Waals surface area contributed by atoms with Crippen molar-refractivity contribution < 1.29 is 4.79 Å². The molecule has 1 aromatic carbocycles. The number of nitrogens with zero attached hydrogens (tertiary/aromatic N) is 3. The van der Waals surface area contributed by atoms with Crippen molar-refractivity contribution in [2.45, 2.75) is 13.8 Å². The number of carbonyl (C=O) groups excluding carboxylic acids is 1. The van der Waals surface area contributed by atoms with E-state index in [1.807, 2.05) is 49.4 Å². The Balaban J connectivity index is 1.53. The average molecular weight is 350 g/mol. The summed E-state index contributed by atoms with van der Waals surface area (Å²) in [4.78, 5) is 21.3. The van der Waals surface area contributed by atoms with Crippen LogP contribution >= 0.6 is 0 Å². The molecule has 1 aliphatic rings. The number of likely N-dealkylation sites (N-methyl/N-ethyl adjacent to an activating group) is 1. The number of nitrogens with one attached hydrogen (secondary N) is 1. The quantitative estimate of drug-likeness (QED) is 0.842. The molecule has 26 heavy (non-hydrogen) atoms. The lowest BCUT2D eigenvalue weighted by Crippen LogP contribution is -2.46. The molecule has 0 bridgehead atoms. The topological polar surface area (TPSA) is 48.5 Å². The lowest BCUT2D eigenvalue weighted by molar-refractivity contribution is -0.111. The SMILES string of the molecule is CCN1CCN(c2ccc(NC(=O)/C=C/c3ccc(C)cc3)cn2)CC1. The van der Waals surface area contributed by atoms with Gasteiger partial charge in [-0.1, -0.05) is 36.8 Å². The summed E-state index contributed by atoms with van der Waals surface area (Å²) in [5.74, 6) is 0.811. The number of hydrogen-bond acceptors (Lipinski definition) is 4. The van der Waals surface area contributed by atoms with E-state index >= 15 is 0 Å². The zero-order valence-corrected chi connectivity index (χ0v) is 15.5. The minimum atomic E-state index is -0.156. The molecule has 0 saturated carbocycles.